The van der Waals surface area contributed by atoms with Crippen molar-refractivity contribution in [3.63, 3.8) is 0 Å². The molecule has 11 nitrogen and oxygen atoms in total. The molecule has 3 aromatic rings. The van der Waals surface area contributed by atoms with Crippen molar-refractivity contribution in [3.05, 3.63) is 53.7 Å². The van der Waals surface area contributed by atoms with Crippen molar-refractivity contribution in [2.24, 2.45) is 0 Å². The van der Waals surface area contributed by atoms with Crippen molar-refractivity contribution in [3.8, 4) is 22.9 Å². The van der Waals surface area contributed by atoms with Gasteiger partial charge in [-0.15, -0.1) is 0 Å². The van der Waals surface area contributed by atoms with Crippen molar-refractivity contribution in [2.45, 2.75) is 19.9 Å². The molecule has 0 bridgehead atoms. The van der Waals surface area contributed by atoms with E-state index in [-0.39, 0.29) is 24.3 Å². The number of hydrogen-bond acceptors (Lipinski definition) is 7. The first-order valence-electron chi connectivity index (χ1n) is 9.52. The topological polar surface area (TPSA) is 140 Å². The lowest BCUT2D eigenvalue weighted by Crippen LogP contribution is -2.48. The van der Waals surface area contributed by atoms with Crippen LogP contribution in [0.4, 0.5) is 19.7 Å². The Balaban J connectivity index is 1.27. The van der Waals surface area contributed by atoms with E-state index in [1.807, 2.05) is 0 Å². The SMILES string of the molecule is Cc1ccc(-c2noc(C(C)NC(=O)NNC(=O)Nc3ccc4c(c3)OCO4)n2)cc1F. The predicted molar refractivity (Wildman–Crippen MR) is 109 cm³/mol. The van der Waals surface area contributed by atoms with Gasteiger partial charge in [-0.2, -0.15) is 4.98 Å². The number of nitrogens with zero attached hydrogens (tertiary/aromatic N) is 2. The summed E-state index contributed by atoms with van der Waals surface area (Å²) in [7, 11) is 0. The molecular formula is C20H19FN6O5. The average molecular weight is 442 g/mol. The van der Waals surface area contributed by atoms with Crippen LogP contribution in [0.1, 0.15) is 24.4 Å². The number of aryl methyl sites for hydroxylation is 1. The van der Waals surface area contributed by atoms with Crippen molar-refractivity contribution >= 4 is 17.7 Å². The summed E-state index contributed by atoms with van der Waals surface area (Å²) in [5.41, 5.74) is 5.80. The van der Waals surface area contributed by atoms with Crippen molar-refractivity contribution < 1.29 is 28.0 Å². The molecule has 0 saturated heterocycles. The summed E-state index contributed by atoms with van der Waals surface area (Å²) in [6, 6.07) is 7.40. The Morgan fingerprint density at radius 1 is 1.06 bits per heavy atom. The first-order valence-corrected chi connectivity index (χ1v) is 9.52. The Morgan fingerprint density at radius 3 is 2.66 bits per heavy atom. The van der Waals surface area contributed by atoms with E-state index in [4.69, 9.17) is 14.0 Å². The van der Waals surface area contributed by atoms with Gasteiger partial charge in [0.05, 0.1) is 0 Å². The molecule has 166 valence electrons. The van der Waals surface area contributed by atoms with Crippen LogP contribution in [0.15, 0.2) is 40.9 Å². The van der Waals surface area contributed by atoms with Crippen LogP contribution in [0.3, 0.4) is 0 Å². The van der Waals surface area contributed by atoms with Gasteiger partial charge in [-0.25, -0.2) is 24.8 Å². The van der Waals surface area contributed by atoms with Gasteiger partial charge in [0.25, 0.3) is 0 Å². The number of hydrazine groups is 1. The molecule has 1 aliphatic heterocycles. The zero-order valence-corrected chi connectivity index (χ0v) is 17.1. The lowest BCUT2D eigenvalue weighted by atomic mass is 10.1. The minimum absolute atomic E-state index is 0.112. The molecule has 1 aromatic heterocycles. The van der Waals surface area contributed by atoms with E-state index in [2.05, 4.69) is 31.6 Å². The monoisotopic (exact) mass is 442 g/mol. The molecule has 0 aliphatic carbocycles. The maximum atomic E-state index is 13.7. The summed E-state index contributed by atoms with van der Waals surface area (Å²) in [6.07, 6.45) is 0. The lowest BCUT2D eigenvalue weighted by Gasteiger charge is -2.12. The molecular weight excluding hydrogens is 423 g/mol. The second-order valence-corrected chi connectivity index (χ2v) is 6.89. The van der Waals surface area contributed by atoms with Gasteiger partial charge in [-0.05, 0) is 37.6 Å². The minimum atomic E-state index is -0.709. The summed E-state index contributed by atoms with van der Waals surface area (Å²) in [6.45, 7) is 3.38. The second kappa shape index (κ2) is 8.79. The smallest absolute Gasteiger partial charge is 0.337 e. The number of rotatable bonds is 4. The number of urea groups is 2. The van der Waals surface area contributed by atoms with Gasteiger partial charge in [0.1, 0.15) is 11.9 Å². The molecule has 2 aromatic carbocycles. The van der Waals surface area contributed by atoms with E-state index >= 15 is 0 Å². The van der Waals surface area contributed by atoms with Gasteiger partial charge in [0.15, 0.2) is 11.5 Å². The van der Waals surface area contributed by atoms with Crippen molar-refractivity contribution in [1.29, 1.82) is 0 Å². The third-order valence-electron chi connectivity index (χ3n) is 4.51. The number of ether oxygens (including phenoxy) is 2. The van der Waals surface area contributed by atoms with Crippen LogP contribution in [0.5, 0.6) is 11.5 Å². The first kappa shape index (κ1) is 20.9. The zero-order valence-electron chi connectivity index (χ0n) is 17.1. The molecule has 4 rings (SSSR count). The average Bonchev–Trinajstić information content (AvgIpc) is 3.43. The molecule has 1 atom stereocenters. The summed E-state index contributed by atoms with van der Waals surface area (Å²) in [5, 5.41) is 8.89. The number of nitrogens with one attached hydrogen (secondary N) is 4. The number of benzene rings is 2. The van der Waals surface area contributed by atoms with E-state index < -0.39 is 18.1 Å². The Labute approximate surface area is 181 Å². The third-order valence-corrected chi connectivity index (χ3v) is 4.51. The molecule has 4 N–H and O–H groups in total. The standard InChI is InChI=1S/C20H19FN6O5/c1-10-3-4-12(7-14(10)21)17-24-18(32-27-17)11(2)22-19(28)25-26-20(29)23-13-5-6-15-16(8-13)31-9-30-15/h3-8,11H,9H2,1-2H3,(H2,22,25,28)(H2,23,26,29). The van der Waals surface area contributed by atoms with Crippen LogP contribution in [-0.2, 0) is 0 Å². The number of carbonyl (C=O) groups is 2. The fourth-order valence-electron chi connectivity index (χ4n) is 2.80. The van der Waals surface area contributed by atoms with Gasteiger partial charge in [0.2, 0.25) is 18.5 Å². The molecule has 0 radical (unpaired) electrons. The number of halogens is 1. The van der Waals surface area contributed by atoms with Crippen molar-refractivity contribution in [1.82, 2.24) is 26.3 Å². The normalized spacial score (nSPS) is 12.7. The highest BCUT2D eigenvalue weighted by atomic mass is 19.1. The van der Waals surface area contributed by atoms with Gasteiger partial charge < -0.3 is 24.6 Å². The zero-order chi connectivity index (χ0) is 22.7. The van der Waals surface area contributed by atoms with Crippen LogP contribution < -0.4 is 31.0 Å². The number of fused-ring (bicyclic) bond motifs is 1. The summed E-state index contributed by atoms with van der Waals surface area (Å²) >= 11 is 0. The molecule has 4 amide bonds. The van der Waals surface area contributed by atoms with Gasteiger partial charge in [-0.1, -0.05) is 17.3 Å². The van der Waals surface area contributed by atoms with E-state index in [1.165, 1.54) is 6.07 Å². The minimum Gasteiger partial charge on any atom is -0.454 e. The number of amides is 4. The molecule has 1 unspecified atom stereocenters. The van der Waals surface area contributed by atoms with Gasteiger partial charge in [-0.3, -0.25) is 0 Å². The van der Waals surface area contributed by atoms with Crippen LogP contribution in [0.2, 0.25) is 0 Å². The van der Waals surface area contributed by atoms with E-state index in [1.54, 1.807) is 44.2 Å². The summed E-state index contributed by atoms with van der Waals surface area (Å²) in [5.74, 6) is 1.01. The van der Waals surface area contributed by atoms with E-state index in [0.29, 0.717) is 28.3 Å². The Morgan fingerprint density at radius 2 is 1.84 bits per heavy atom. The van der Waals surface area contributed by atoms with Crippen LogP contribution >= 0.6 is 0 Å². The van der Waals surface area contributed by atoms with Gasteiger partial charge in [0, 0.05) is 17.3 Å². The molecule has 0 fully saturated rings. The number of carbonyl (C=O) groups excluding carboxylic acids is 2. The second-order valence-electron chi connectivity index (χ2n) is 6.89. The molecule has 32 heavy (non-hydrogen) atoms. The Hall–Kier alpha value is -4.35. The van der Waals surface area contributed by atoms with Crippen molar-refractivity contribution in [2.75, 3.05) is 12.1 Å². The maximum absolute atomic E-state index is 13.7. The fourth-order valence-corrected chi connectivity index (χ4v) is 2.80. The van der Waals surface area contributed by atoms with Gasteiger partial charge >= 0.3 is 12.1 Å². The molecule has 1 aliphatic rings. The lowest BCUT2D eigenvalue weighted by molar-refractivity contribution is 0.174. The number of anilines is 1. The predicted octanol–water partition coefficient (Wildman–Crippen LogP) is 3.01. The van der Waals surface area contributed by atoms with Crippen LogP contribution in [0, 0.1) is 12.7 Å². The summed E-state index contributed by atoms with van der Waals surface area (Å²) in [4.78, 5) is 28.2. The quantitative estimate of drug-likeness (QED) is 0.456. The Kier molecular flexibility index (Phi) is 5.75. The molecule has 0 saturated carbocycles. The molecule has 12 heteroatoms. The first-order chi connectivity index (χ1) is 15.4. The van der Waals surface area contributed by atoms with E-state index in [9.17, 15) is 14.0 Å². The summed E-state index contributed by atoms with van der Waals surface area (Å²) < 4.78 is 29.3. The molecule has 0 spiro atoms. The molecule has 2 heterocycles. The van der Waals surface area contributed by atoms with E-state index in [0.717, 1.165) is 0 Å². The largest absolute Gasteiger partial charge is 0.454 e. The maximum Gasteiger partial charge on any atom is 0.337 e. The highest BCUT2D eigenvalue weighted by Crippen LogP contribution is 2.34. The fraction of sp³-hybridized carbons (Fsp3) is 0.200. The highest BCUT2D eigenvalue weighted by molar-refractivity contribution is 5.91. The van der Waals surface area contributed by atoms with Crippen LogP contribution in [-0.4, -0.2) is 29.0 Å². The highest BCUT2D eigenvalue weighted by Gasteiger charge is 2.18. The Bertz CT molecular complexity index is 1170. The van der Waals surface area contributed by atoms with Crippen LogP contribution in [0.25, 0.3) is 11.4 Å². The number of hydrogen-bond donors (Lipinski definition) is 4. The third kappa shape index (κ3) is 4.69. The number of aromatic nitrogens is 2.